The normalized spacial score (nSPS) is 15.4. The van der Waals surface area contributed by atoms with Crippen molar-refractivity contribution in [2.24, 2.45) is 0 Å². The van der Waals surface area contributed by atoms with E-state index in [-0.39, 0.29) is 5.91 Å². The first-order valence-corrected chi connectivity index (χ1v) is 7.81. The Balaban J connectivity index is 1.73. The molecule has 0 spiro atoms. The van der Waals surface area contributed by atoms with Crippen LogP contribution in [0.2, 0.25) is 0 Å². The molecule has 2 aromatic rings. The SMILES string of the molecule is O=C(Nc1ccccc1SC1CCCC1)c1ccco1. The van der Waals surface area contributed by atoms with Crippen LogP contribution in [0.15, 0.2) is 52.0 Å². The minimum Gasteiger partial charge on any atom is -0.459 e. The average molecular weight is 287 g/mol. The molecule has 104 valence electrons. The van der Waals surface area contributed by atoms with Gasteiger partial charge >= 0.3 is 0 Å². The van der Waals surface area contributed by atoms with Crippen molar-refractivity contribution < 1.29 is 9.21 Å². The zero-order valence-electron chi connectivity index (χ0n) is 11.2. The lowest BCUT2D eigenvalue weighted by Gasteiger charge is -2.13. The number of amides is 1. The number of benzene rings is 1. The van der Waals surface area contributed by atoms with Crippen LogP contribution in [0.5, 0.6) is 0 Å². The lowest BCUT2D eigenvalue weighted by Crippen LogP contribution is -2.11. The van der Waals surface area contributed by atoms with Crippen LogP contribution in [0.3, 0.4) is 0 Å². The molecule has 20 heavy (non-hydrogen) atoms. The lowest BCUT2D eigenvalue weighted by atomic mass is 10.3. The molecule has 3 rings (SSSR count). The van der Waals surface area contributed by atoms with E-state index in [1.807, 2.05) is 30.0 Å². The summed E-state index contributed by atoms with van der Waals surface area (Å²) in [6.07, 6.45) is 6.68. The summed E-state index contributed by atoms with van der Waals surface area (Å²) in [4.78, 5) is 13.2. The number of rotatable bonds is 4. The highest BCUT2D eigenvalue weighted by molar-refractivity contribution is 8.00. The van der Waals surface area contributed by atoms with Crippen LogP contribution < -0.4 is 5.32 Å². The van der Waals surface area contributed by atoms with E-state index in [2.05, 4.69) is 11.4 Å². The van der Waals surface area contributed by atoms with E-state index in [0.29, 0.717) is 11.0 Å². The van der Waals surface area contributed by atoms with Crippen molar-refractivity contribution in [2.75, 3.05) is 5.32 Å². The lowest BCUT2D eigenvalue weighted by molar-refractivity contribution is 0.0996. The standard InChI is InChI=1S/C16H17NO2S/c18-16(14-9-5-11-19-14)17-13-8-3-4-10-15(13)20-12-6-1-2-7-12/h3-5,8-12H,1-2,6-7H2,(H,17,18). The van der Waals surface area contributed by atoms with Crippen LogP contribution in [0.25, 0.3) is 0 Å². The summed E-state index contributed by atoms with van der Waals surface area (Å²) in [5, 5.41) is 3.61. The maximum atomic E-state index is 12.1. The summed E-state index contributed by atoms with van der Waals surface area (Å²) < 4.78 is 5.12. The largest absolute Gasteiger partial charge is 0.459 e. The zero-order chi connectivity index (χ0) is 13.8. The van der Waals surface area contributed by atoms with Crippen molar-refractivity contribution >= 4 is 23.4 Å². The molecule has 1 amide bonds. The second-order valence-electron chi connectivity index (χ2n) is 4.95. The number of anilines is 1. The molecule has 0 unspecified atom stereocenters. The number of hydrogen-bond acceptors (Lipinski definition) is 3. The molecule has 1 aliphatic rings. The van der Waals surface area contributed by atoms with Crippen molar-refractivity contribution in [3.05, 3.63) is 48.4 Å². The Kier molecular flexibility index (Phi) is 4.11. The fourth-order valence-corrected chi connectivity index (χ4v) is 3.78. The Morgan fingerprint density at radius 1 is 1.15 bits per heavy atom. The molecule has 0 aliphatic heterocycles. The minimum absolute atomic E-state index is 0.200. The Bertz CT molecular complexity index is 574. The number of furan rings is 1. The fourth-order valence-electron chi connectivity index (χ4n) is 2.45. The van der Waals surface area contributed by atoms with Gasteiger partial charge in [-0.25, -0.2) is 0 Å². The van der Waals surface area contributed by atoms with E-state index in [0.717, 1.165) is 10.6 Å². The highest BCUT2D eigenvalue weighted by Crippen LogP contribution is 2.38. The summed E-state index contributed by atoms with van der Waals surface area (Å²) in [5.41, 5.74) is 0.866. The molecule has 4 heteroatoms. The molecule has 1 fully saturated rings. The van der Waals surface area contributed by atoms with Gasteiger partial charge in [-0.1, -0.05) is 25.0 Å². The van der Waals surface area contributed by atoms with Crippen LogP contribution >= 0.6 is 11.8 Å². The smallest absolute Gasteiger partial charge is 0.291 e. The Hall–Kier alpha value is -1.68. The number of carbonyl (C=O) groups is 1. The summed E-state index contributed by atoms with van der Waals surface area (Å²) in [7, 11) is 0. The van der Waals surface area contributed by atoms with Crippen LogP contribution in [0.4, 0.5) is 5.69 Å². The predicted octanol–water partition coefficient (Wildman–Crippen LogP) is 4.57. The van der Waals surface area contributed by atoms with Gasteiger partial charge in [0, 0.05) is 10.1 Å². The van der Waals surface area contributed by atoms with Gasteiger partial charge in [-0.3, -0.25) is 4.79 Å². The van der Waals surface area contributed by atoms with Gasteiger partial charge in [-0.2, -0.15) is 0 Å². The van der Waals surface area contributed by atoms with E-state index < -0.39 is 0 Å². The van der Waals surface area contributed by atoms with E-state index in [1.165, 1.54) is 31.9 Å². The molecule has 1 aliphatic carbocycles. The van der Waals surface area contributed by atoms with Gasteiger partial charge in [-0.15, -0.1) is 11.8 Å². The van der Waals surface area contributed by atoms with Crippen LogP contribution in [0.1, 0.15) is 36.2 Å². The Morgan fingerprint density at radius 2 is 1.95 bits per heavy atom. The summed E-state index contributed by atoms with van der Waals surface area (Å²) >= 11 is 1.87. The Morgan fingerprint density at radius 3 is 2.70 bits per heavy atom. The topological polar surface area (TPSA) is 42.2 Å². The zero-order valence-corrected chi connectivity index (χ0v) is 12.0. The van der Waals surface area contributed by atoms with E-state index in [1.54, 1.807) is 12.1 Å². The molecule has 1 aromatic carbocycles. The van der Waals surface area contributed by atoms with Gasteiger partial charge in [-0.05, 0) is 37.1 Å². The molecular formula is C16H17NO2S. The maximum absolute atomic E-state index is 12.1. The van der Waals surface area contributed by atoms with Crippen LogP contribution in [-0.4, -0.2) is 11.2 Å². The molecule has 3 nitrogen and oxygen atoms in total. The quantitative estimate of drug-likeness (QED) is 0.896. The number of nitrogens with one attached hydrogen (secondary N) is 1. The fraction of sp³-hybridized carbons (Fsp3) is 0.312. The highest BCUT2D eigenvalue weighted by atomic mass is 32.2. The van der Waals surface area contributed by atoms with Crippen molar-refractivity contribution in [3.63, 3.8) is 0 Å². The van der Waals surface area contributed by atoms with Gasteiger partial charge in [0.25, 0.3) is 5.91 Å². The second-order valence-corrected chi connectivity index (χ2v) is 6.29. The van der Waals surface area contributed by atoms with Gasteiger partial charge in [0.15, 0.2) is 5.76 Å². The monoisotopic (exact) mass is 287 g/mol. The van der Waals surface area contributed by atoms with Crippen molar-refractivity contribution in [2.45, 2.75) is 35.8 Å². The molecule has 1 heterocycles. The molecule has 0 radical (unpaired) electrons. The van der Waals surface area contributed by atoms with Gasteiger partial charge in [0.2, 0.25) is 0 Å². The number of para-hydroxylation sites is 1. The van der Waals surface area contributed by atoms with Gasteiger partial charge < -0.3 is 9.73 Å². The van der Waals surface area contributed by atoms with Crippen molar-refractivity contribution in [3.8, 4) is 0 Å². The van der Waals surface area contributed by atoms with Crippen LogP contribution in [-0.2, 0) is 0 Å². The summed E-state index contributed by atoms with van der Waals surface area (Å²) in [6.45, 7) is 0. The Labute approximate surface area is 122 Å². The summed E-state index contributed by atoms with van der Waals surface area (Å²) in [5.74, 6) is 0.139. The van der Waals surface area contributed by atoms with E-state index in [9.17, 15) is 4.79 Å². The number of thioether (sulfide) groups is 1. The maximum Gasteiger partial charge on any atom is 0.291 e. The van der Waals surface area contributed by atoms with Crippen molar-refractivity contribution in [1.82, 2.24) is 0 Å². The second kappa shape index (κ2) is 6.18. The highest BCUT2D eigenvalue weighted by Gasteiger charge is 2.18. The van der Waals surface area contributed by atoms with Crippen molar-refractivity contribution in [1.29, 1.82) is 0 Å². The molecule has 0 atom stereocenters. The average Bonchev–Trinajstić information content (AvgIpc) is 3.13. The first-order valence-electron chi connectivity index (χ1n) is 6.93. The minimum atomic E-state index is -0.200. The first-order chi connectivity index (χ1) is 9.83. The number of hydrogen-bond donors (Lipinski definition) is 1. The third kappa shape index (κ3) is 3.07. The summed E-state index contributed by atoms with van der Waals surface area (Å²) in [6, 6.07) is 11.4. The molecule has 1 aromatic heterocycles. The first kappa shape index (κ1) is 13.3. The molecular weight excluding hydrogens is 270 g/mol. The van der Waals surface area contributed by atoms with Gasteiger partial charge in [0.1, 0.15) is 0 Å². The van der Waals surface area contributed by atoms with E-state index in [4.69, 9.17) is 4.42 Å². The van der Waals surface area contributed by atoms with Gasteiger partial charge in [0.05, 0.1) is 12.0 Å². The third-order valence-electron chi connectivity index (χ3n) is 3.48. The van der Waals surface area contributed by atoms with E-state index >= 15 is 0 Å². The molecule has 0 bridgehead atoms. The predicted molar refractivity (Wildman–Crippen MR) is 81.2 cm³/mol. The molecule has 1 saturated carbocycles. The molecule has 0 saturated heterocycles. The van der Waals surface area contributed by atoms with Crippen LogP contribution in [0, 0.1) is 0 Å². The molecule has 1 N–H and O–H groups in total. The number of carbonyl (C=O) groups excluding carboxylic acids is 1. The third-order valence-corrected chi connectivity index (χ3v) is 4.89.